The van der Waals surface area contributed by atoms with Crippen molar-refractivity contribution in [3.63, 3.8) is 0 Å². The van der Waals surface area contributed by atoms with Crippen molar-refractivity contribution in [1.29, 1.82) is 0 Å². The molecule has 5 heteroatoms. The van der Waals surface area contributed by atoms with Crippen LogP contribution < -0.4 is 5.32 Å². The number of rotatable bonds is 5. The van der Waals surface area contributed by atoms with Gasteiger partial charge in [-0.15, -0.1) is 0 Å². The number of benzene rings is 2. The Labute approximate surface area is 139 Å². The van der Waals surface area contributed by atoms with Crippen LogP contribution in [-0.4, -0.2) is 17.7 Å². The van der Waals surface area contributed by atoms with Gasteiger partial charge in [-0.2, -0.15) is 0 Å². The van der Waals surface area contributed by atoms with Gasteiger partial charge in [0.05, 0.1) is 6.10 Å². The van der Waals surface area contributed by atoms with Gasteiger partial charge in [-0.25, -0.2) is 8.78 Å². The first-order valence-corrected chi connectivity index (χ1v) is 8.03. The first-order valence-electron chi connectivity index (χ1n) is 7.65. The van der Waals surface area contributed by atoms with Crippen LogP contribution in [0.4, 0.5) is 8.78 Å². The van der Waals surface area contributed by atoms with Crippen LogP contribution in [0.1, 0.15) is 36.0 Å². The van der Waals surface area contributed by atoms with Crippen molar-refractivity contribution in [1.82, 2.24) is 5.32 Å². The van der Waals surface area contributed by atoms with E-state index in [1.54, 1.807) is 0 Å². The number of hydrogen-bond donors (Lipinski definition) is 2. The maximum atomic E-state index is 13.6. The van der Waals surface area contributed by atoms with E-state index in [9.17, 15) is 13.9 Å². The summed E-state index contributed by atoms with van der Waals surface area (Å²) in [6.45, 7) is 0.195. The van der Waals surface area contributed by atoms with Crippen molar-refractivity contribution >= 4 is 11.6 Å². The average Bonchev–Trinajstić information content (AvgIpc) is 2.49. The minimum atomic E-state index is -1.06. The summed E-state index contributed by atoms with van der Waals surface area (Å²) < 4.78 is 26.7. The molecule has 1 aliphatic rings. The van der Waals surface area contributed by atoms with E-state index >= 15 is 0 Å². The first-order chi connectivity index (χ1) is 11.0. The first kappa shape index (κ1) is 16.4. The van der Waals surface area contributed by atoms with E-state index in [1.807, 2.05) is 24.3 Å². The highest BCUT2D eigenvalue weighted by Crippen LogP contribution is 2.40. The van der Waals surface area contributed by atoms with Crippen LogP contribution in [-0.2, 0) is 0 Å². The van der Waals surface area contributed by atoms with Gasteiger partial charge in [0.1, 0.15) is 11.6 Å². The van der Waals surface area contributed by atoms with E-state index in [2.05, 4.69) is 5.32 Å². The number of aliphatic hydroxyl groups excluding tert-OH is 1. The second-order valence-electron chi connectivity index (χ2n) is 5.98. The summed E-state index contributed by atoms with van der Waals surface area (Å²) in [5.74, 6) is -0.740. The van der Waals surface area contributed by atoms with Crippen molar-refractivity contribution in [3.8, 4) is 0 Å². The van der Waals surface area contributed by atoms with Crippen molar-refractivity contribution in [2.45, 2.75) is 30.9 Å². The van der Waals surface area contributed by atoms with E-state index < -0.39 is 17.7 Å². The predicted octanol–water partition coefficient (Wildman–Crippen LogP) is 4.19. The molecule has 0 aliphatic heterocycles. The summed E-state index contributed by atoms with van der Waals surface area (Å²) in [4.78, 5) is 0. The minimum absolute atomic E-state index is 0.0144. The molecular weight excluding hydrogens is 320 g/mol. The zero-order valence-electron chi connectivity index (χ0n) is 12.5. The largest absolute Gasteiger partial charge is 0.387 e. The molecule has 0 heterocycles. The van der Waals surface area contributed by atoms with E-state index in [-0.39, 0.29) is 18.2 Å². The molecule has 2 aromatic carbocycles. The Morgan fingerprint density at radius 1 is 1.17 bits per heavy atom. The molecule has 1 unspecified atom stereocenters. The van der Waals surface area contributed by atoms with Crippen molar-refractivity contribution in [2.75, 3.05) is 6.54 Å². The van der Waals surface area contributed by atoms with E-state index in [0.717, 1.165) is 41.6 Å². The summed E-state index contributed by atoms with van der Waals surface area (Å²) in [6.07, 6.45) is 0.773. The molecule has 1 aliphatic carbocycles. The monoisotopic (exact) mass is 337 g/mol. The number of hydrogen-bond acceptors (Lipinski definition) is 2. The summed E-state index contributed by atoms with van der Waals surface area (Å²) in [6, 6.07) is 11.2. The Balaban J connectivity index is 1.51. The van der Waals surface area contributed by atoms with E-state index in [1.165, 1.54) is 0 Å². The van der Waals surface area contributed by atoms with Gasteiger partial charge >= 0.3 is 0 Å². The Hall–Kier alpha value is -1.49. The molecule has 2 nitrogen and oxygen atoms in total. The van der Waals surface area contributed by atoms with Crippen molar-refractivity contribution in [3.05, 3.63) is 70.2 Å². The molecular formula is C18H18ClF2NO. The molecule has 0 bridgehead atoms. The third kappa shape index (κ3) is 3.71. The van der Waals surface area contributed by atoms with Gasteiger partial charge in [0, 0.05) is 23.2 Å². The van der Waals surface area contributed by atoms with Crippen molar-refractivity contribution < 1.29 is 13.9 Å². The van der Waals surface area contributed by atoms with Gasteiger partial charge in [0.25, 0.3) is 0 Å². The molecule has 0 radical (unpaired) electrons. The zero-order chi connectivity index (χ0) is 16.4. The summed E-state index contributed by atoms with van der Waals surface area (Å²) in [5, 5.41) is 14.0. The highest BCUT2D eigenvalue weighted by atomic mass is 35.5. The molecule has 0 saturated heterocycles. The van der Waals surface area contributed by atoms with E-state index in [0.29, 0.717) is 5.92 Å². The van der Waals surface area contributed by atoms with Gasteiger partial charge in [0.2, 0.25) is 0 Å². The lowest BCUT2D eigenvalue weighted by Crippen LogP contribution is -2.42. The fraction of sp³-hybridized carbons (Fsp3) is 0.333. The fourth-order valence-electron chi connectivity index (χ4n) is 3.00. The highest BCUT2D eigenvalue weighted by molar-refractivity contribution is 6.31. The molecule has 0 aromatic heterocycles. The van der Waals surface area contributed by atoms with Crippen LogP contribution in [0, 0.1) is 11.6 Å². The lowest BCUT2D eigenvalue weighted by atomic mass is 9.76. The molecule has 2 N–H and O–H groups in total. The van der Waals surface area contributed by atoms with Gasteiger partial charge in [-0.1, -0.05) is 29.8 Å². The normalized spacial score (nSPS) is 21.7. The van der Waals surface area contributed by atoms with Crippen LogP contribution in [0.2, 0.25) is 5.02 Å². The molecule has 1 atom stereocenters. The Bertz CT molecular complexity index is 688. The van der Waals surface area contributed by atoms with Gasteiger partial charge < -0.3 is 10.4 Å². The Kier molecular flexibility index (Phi) is 4.95. The molecule has 1 saturated carbocycles. The summed E-state index contributed by atoms with van der Waals surface area (Å²) in [7, 11) is 0. The van der Waals surface area contributed by atoms with Gasteiger partial charge in [0.15, 0.2) is 0 Å². The molecule has 0 spiro atoms. The Morgan fingerprint density at radius 2 is 1.91 bits per heavy atom. The second-order valence-corrected chi connectivity index (χ2v) is 6.38. The SMILES string of the molecule is OC(CNC1CC(c2ccccc2Cl)C1)c1cc(F)ccc1F. The molecule has 23 heavy (non-hydrogen) atoms. The number of nitrogens with one attached hydrogen (secondary N) is 1. The zero-order valence-corrected chi connectivity index (χ0v) is 13.2. The van der Waals surface area contributed by atoms with Crippen LogP contribution in [0.15, 0.2) is 42.5 Å². The lowest BCUT2D eigenvalue weighted by Gasteiger charge is -2.37. The molecule has 3 rings (SSSR count). The fourth-order valence-corrected chi connectivity index (χ4v) is 3.29. The van der Waals surface area contributed by atoms with Gasteiger partial charge in [-0.3, -0.25) is 0 Å². The minimum Gasteiger partial charge on any atom is -0.387 e. The molecule has 122 valence electrons. The number of aliphatic hydroxyl groups is 1. The predicted molar refractivity (Wildman–Crippen MR) is 86.5 cm³/mol. The summed E-state index contributed by atoms with van der Waals surface area (Å²) in [5.41, 5.74) is 1.13. The van der Waals surface area contributed by atoms with E-state index in [4.69, 9.17) is 11.6 Å². The second kappa shape index (κ2) is 6.95. The smallest absolute Gasteiger partial charge is 0.129 e. The number of halogens is 3. The van der Waals surface area contributed by atoms with Crippen LogP contribution >= 0.6 is 11.6 Å². The quantitative estimate of drug-likeness (QED) is 0.857. The molecule has 0 amide bonds. The van der Waals surface area contributed by atoms with Crippen LogP contribution in [0.3, 0.4) is 0 Å². The Morgan fingerprint density at radius 3 is 2.65 bits per heavy atom. The third-order valence-corrected chi connectivity index (χ3v) is 4.74. The lowest BCUT2D eigenvalue weighted by molar-refractivity contribution is 0.153. The average molecular weight is 338 g/mol. The third-order valence-electron chi connectivity index (χ3n) is 4.40. The maximum Gasteiger partial charge on any atom is 0.129 e. The van der Waals surface area contributed by atoms with Crippen LogP contribution in [0.5, 0.6) is 0 Å². The van der Waals surface area contributed by atoms with Crippen molar-refractivity contribution in [2.24, 2.45) is 0 Å². The highest BCUT2D eigenvalue weighted by Gasteiger charge is 2.31. The summed E-state index contributed by atoms with van der Waals surface area (Å²) >= 11 is 6.18. The topological polar surface area (TPSA) is 32.3 Å². The molecule has 2 aromatic rings. The maximum absolute atomic E-state index is 13.6. The molecule has 1 fully saturated rings. The van der Waals surface area contributed by atoms with Gasteiger partial charge in [-0.05, 0) is 48.6 Å². The van der Waals surface area contributed by atoms with Crippen LogP contribution in [0.25, 0.3) is 0 Å². The standard InChI is InChI=1S/C18H18ClF2NO/c19-16-4-2-1-3-14(16)11-7-13(8-11)22-10-18(23)15-9-12(20)5-6-17(15)21/h1-6,9,11,13,18,22-23H,7-8,10H2.